The van der Waals surface area contributed by atoms with Gasteiger partial charge in [-0.15, -0.1) is 0 Å². The molecule has 1 nitrogen and oxygen atoms in total. The first-order valence-electron chi connectivity index (χ1n) is 7.78. The third kappa shape index (κ3) is 4.97. The number of rotatable bonds is 6. The maximum Gasteiger partial charge on any atom is 0.123 e. The predicted octanol–water partition coefficient (Wildman–Crippen LogP) is 3.75. The van der Waals surface area contributed by atoms with Crippen molar-refractivity contribution in [2.75, 3.05) is 6.61 Å². The summed E-state index contributed by atoms with van der Waals surface area (Å²) in [7, 11) is -0.827. The van der Waals surface area contributed by atoms with Crippen LogP contribution in [0.2, 0.25) is 6.04 Å². The van der Waals surface area contributed by atoms with Crippen LogP contribution in [0, 0.1) is 0 Å². The first-order valence-corrected chi connectivity index (χ1v) is 9.48. The minimum Gasteiger partial charge on any atom is -0.376 e. The van der Waals surface area contributed by atoms with Gasteiger partial charge in [0.2, 0.25) is 0 Å². The highest BCUT2D eigenvalue weighted by atomic mass is 28.3. The van der Waals surface area contributed by atoms with Gasteiger partial charge in [-0.3, -0.25) is 0 Å². The van der Waals surface area contributed by atoms with Crippen LogP contribution in [0.5, 0.6) is 0 Å². The minimum atomic E-state index is -0.827. The summed E-state index contributed by atoms with van der Waals surface area (Å²) in [5.74, 6) is 0. The molecule has 0 aliphatic carbocycles. The summed E-state index contributed by atoms with van der Waals surface area (Å²) in [6, 6.07) is 20.6. The van der Waals surface area contributed by atoms with Crippen molar-refractivity contribution in [3.63, 3.8) is 0 Å². The number of hydrogen-bond donors (Lipinski definition) is 0. The summed E-state index contributed by atoms with van der Waals surface area (Å²) in [6.45, 7) is 11.0. The zero-order chi connectivity index (χ0) is 16.0. The van der Waals surface area contributed by atoms with Crippen LogP contribution in [0.4, 0.5) is 0 Å². The zero-order valence-electron chi connectivity index (χ0n) is 13.8. The van der Waals surface area contributed by atoms with Crippen molar-refractivity contribution < 1.29 is 4.74 Å². The molecule has 0 saturated heterocycles. The summed E-state index contributed by atoms with van der Waals surface area (Å²) in [5, 5.41) is 2.86. The third-order valence-corrected chi connectivity index (χ3v) is 6.22. The molecule has 2 aromatic rings. The summed E-state index contributed by atoms with van der Waals surface area (Å²) >= 11 is 0. The lowest BCUT2D eigenvalue weighted by molar-refractivity contribution is 0.00526. The molecule has 0 heterocycles. The van der Waals surface area contributed by atoms with Gasteiger partial charge in [0, 0.05) is 6.61 Å². The van der Waals surface area contributed by atoms with Crippen molar-refractivity contribution in [3.05, 3.63) is 66.7 Å². The maximum atomic E-state index is 5.96. The molecule has 0 atom stereocenters. The van der Waals surface area contributed by atoms with E-state index in [-0.39, 0.29) is 5.60 Å². The lowest BCUT2D eigenvalue weighted by Crippen LogP contribution is -2.43. The van der Waals surface area contributed by atoms with Crippen LogP contribution in [0.1, 0.15) is 26.3 Å². The Morgan fingerprint density at radius 1 is 1.00 bits per heavy atom. The van der Waals surface area contributed by atoms with Crippen molar-refractivity contribution in [2.24, 2.45) is 0 Å². The maximum absolute atomic E-state index is 5.96. The Morgan fingerprint density at radius 3 is 2.32 bits per heavy atom. The Labute approximate surface area is 136 Å². The molecule has 1 radical (unpaired) electrons. The molecule has 2 rings (SSSR count). The van der Waals surface area contributed by atoms with E-state index >= 15 is 0 Å². The highest BCUT2D eigenvalue weighted by molar-refractivity contribution is 6.85. The van der Waals surface area contributed by atoms with E-state index in [9.17, 15) is 0 Å². The van der Waals surface area contributed by atoms with Gasteiger partial charge < -0.3 is 4.74 Å². The van der Waals surface area contributed by atoms with E-state index in [0.29, 0.717) is 0 Å². The van der Waals surface area contributed by atoms with Crippen LogP contribution < -0.4 is 10.4 Å². The second-order valence-electron chi connectivity index (χ2n) is 6.38. The smallest absolute Gasteiger partial charge is 0.123 e. The Bertz CT molecular complexity index is 599. The van der Waals surface area contributed by atoms with Crippen molar-refractivity contribution in [1.29, 1.82) is 0 Å². The van der Waals surface area contributed by atoms with Gasteiger partial charge in [0.05, 0.1) is 5.60 Å². The second-order valence-corrected chi connectivity index (χ2v) is 9.00. The fourth-order valence-electron chi connectivity index (χ4n) is 2.41. The molecule has 0 aliphatic heterocycles. The van der Waals surface area contributed by atoms with E-state index in [1.54, 1.807) is 0 Å². The molecule has 0 fully saturated rings. The lowest BCUT2D eigenvalue weighted by atomic mass is 10.2. The molecule has 0 aliphatic rings. The molecule has 0 aromatic heterocycles. The molecule has 0 N–H and O–H groups in total. The van der Waals surface area contributed by atoms with E-state index in [1.165, 1.54) is 15.9 Å². The third-order valence-electron chi connectivity index (χ3n) is 3.48. The molecular formula is C20H25OSi. The Morgan fingerprint density at radius 2 is 1.68 bits per heavy atom. The molecule has 22 heavy (non-hydrogen) atoms. The summed E-state index contributed by atoms with van der Waals surface area (Å²) in [4.78, 5) is 0. The fourth-order valence-corrected chi connectivity index (χ4v) is 4.86. The van der Waals surface area contributed by atoms with Crippen LogP contribution >= 0.6 is 0 Å². The Kier molecular flexibility index (Phi) is 5.75. The van der Waals surface area contributed by atoms with Crippen LogP contribution in [0.15, 0.2) is 61.2 Å². The van der Waals surface area contributed by atoms with Crippen LogP contribution in [-0.4, -0.2) is 21.0 Å². The van der Waals surface area contributed by atoms with Crippen LogP contribution in [0.25, 0.3) is 6.08 Å². The first kappa shape index (κ1) is 16.7. The molecule has 2 heteroatoms. The normalized spacial score (nSPS) is 11.6. The molecule has 0 unspecified atom stereocenters. The van der Waals surface area contributed by atoms with Crippen molar-refractivity contribution in [3.8, 4) is 0 Å². The van der Waals surface area contributed by atoms with Crippen LogP contribution in [0.3, 0.4) is 0 Å². The second kappa shape index (κ2) is 7.57. The highest BCUT2D eigenvalue weighted by Crippen LogP contribution is 2.09. The highest BCUT2D eigenvalue weighted by Gasteiger charge is 2.18. The van der Waals surface area contributed by atoms with E-state index in [1.807, 2.05) is 6.08 Å². The number of ether oxygens (including phenoxy) is 1. The van der Waals surface area contributed by atoms with Gasteiger partial charge in [0.25, 0.3) is 0 Å². The van der Waals surface area contributed by atoms with Crippen molar-refractivity contribution >= 4 is 25.2 Å². The van der Waals surface area contributed by atoms with E-state index in [4.69, 9.17) is 4.74 Å². The predicted molar refractivity (Wildman–Crippen MR) is 98.5 cm³/mol. The van der Waals surface area contributed by atoms with Crippen LogP contribution in [-0.2, 0) is 4.74 Å². The van der Waals surface area contributed by atoms with E-state index in [2.05, 4.69) is 81.9 Å². The van der Waals surface area contributed by atoms with Crippen molar-refractivity contribution in [2.45, 2.75) is 32.4 Å². The molecule has 0 spiro atoms. The van der Waals surface area contributed by atoms with Gasteiger partial charge in [-0.25, -0.2) is 0 Å². The quantitative estimate of drug-likeness (QED) is 0.738. The fraction of sp³-hybridized carbons (Fsp3) is 0.300. The van der Waals surface area contributed by atoms with Gasteiger partial charge in [-0.2, -0.15) is 0 Å². The molecule has 115 valence electrons. The SMILES string of the molecule is C=Cc1cccc([Si](CCOC(C)(C)C)c2ccccc2)c1. The van der Waals surface area contributed by atoms with Gasteiger partial charge >= 0.3 is 0 Å². The van der Waals surface area contributed by atoms with E-state index in [0.717, 1.165) is 12.7 Å². The molecule has 0 saturated carbocycles. The zero-order valence-corrected chi connectivity index (χ0v) is 14.8. The summed E-state index contributed by atoms with van der Waals surface area (Å²) in [5.41, 5.74) is 1.11. The molecule has 0 bridgehead atoms. The topological polar surface area (TPSA) is 9.23 Å². The Hall–Kier alpha value is -1.64. The minimum absolute atomic E-state index is 0.0768. The number of hydrogen-bond acceptors (Lipinski definition) is 1. The molecular weight excluding hydrogens is 284 g/mol. The average Bonchev–Trinajstić information content (AvgIpc) is 2.51. The summed E-state index contributed by atoms with van der Waals surface area (Å²) in [6.07, 6.45) is 1.92. The Balaban J connectivity index is 2.23. The average molecular weight is 310 g/mol. The van der Waals surface area contributed by atoms with Gasteiger partial charge in [0.1, 0.15) is 8.80 Å². The monoisotopic (exact) mass is 309 g/mol. The van der Waals surface area contributed by atoms with E-state index < -0.39 is 8.80 Å². The van der Waals surface area contributed by atoms with Gasteiger partial charge in [-0.05, 0) is 32.4 Å². The lowest BCUT2D eigenvalue weighted by Gasteiger charge is -2.22. The van der Waals surface area contributed by atoms with Gasteiger partial charge in [-0.1, -0.05) is 77.6 Å². The number of benzene rings is 2. The molecule has 0 amide bonds. The van der Waals surface area contributed by atoms with Gasteiger partial charge in [0.15, 0.2) is 0 Å². The summed E-state index contributed by atoms with van der Waals surface area (Å²) < 4.78 is 5.96. The molecule has 2 aromatic carbocycles. The largest absolute Gasteiger partial charge is 0.376 e. The first-order chi connectivity index (χ1) is 10.5. The standard InChI is InChI=1S/C20H25OSi/c1-5-17-10-9-13-19(16-17)22(15-14-21-20(2,3)4)18-11-7-6-8-12-18/h5-13,16H,1,14-15H2,2-4H3. The van der Waals surface area contributed by atoms with Crippen molar-refractivity contribution in [1.82, 2.24) is 0 Å².